The number of pyridine rings is 1. The van der Waals surface area contributed by atoms with Crippen molar-refractivity contribution in [2.45, 2.75) is 18.8 Å². The predicted octanol–water partition coefficient (Wildman–Crippen LogP) is 2.50. The fourth-order valence-corrected chi connectivity index (χ4v) is 2.03. The van der Waals surface area contributed by atoms with E-state index >= 15 is 0 Å². The molecule has 0 saturated heterocycles. The standard InChI is InChI=1S/C10H10ClN3/c1-14-5-8-7(6-2-3-6)4-9(11)12-10(8)13-14/h4-6H,2-3H2,1H3. The molecule has 0 N–H and O–H groups in total. The van der Waals surface area contributed by atoms with Gasteiger partial charge in [-0.25, -0.2) is 4.98 Å². The smallest absolute Gasteiger partial charge is 0.182 e. The van der Waals surface area contributed by atoms with Gasteiger partial charge in [-0.1, -0.05) is 11.6 Å². The number of hydrogen-bond donors (Lipinski definition) is 0. The summed E-state index contributed by atoms with van der Waals surface area (Å²) in [7, 11) is 1.91. The molecule has 0 atom stereocenters. The number of halogens is 1. The van der Waals surface area contributed by atoms with Crippen molar-refractivity contribution in [2.75, 3.05) is 0 Å². The number of rotatable bonds is 1. The van der Waals surface area contributed by atoms with E-state index in [1.807, 2.05) is 19.3 Å². The molecule has 3 nitrogen and oxygen atoms in total. The average Bonchev–Trinajstić information content (AvgIpc) is 2.87. The Labute approximate surface area is 86.7 Å². The van der Waals surface area contributed by atoms with Crippen LogP contribution in [0.25, 0.3) is 11.0 Å². The Kier molecular flexibility index (Phi) is 1.59. The highest BCUT2D eigenvalue weighted by Crippen LogP contribution is 2.43. The molecule has 0 spiro atoms. The molecule has 3 rings (SSSR count). The van der Waals surface area contributed by atoms with Crippen LogP contribution in [-0.4, -0.2) is 14.8 Å². The summed E-state index contributed by atoms with van der Waals surface area (Å²) in [6.45, 7) is 0. The molecule has 0 amide bonds. The zero-order valence-corrected chi connectivity index (χ0v) is 8.62. The summed E-state index contributed by atoms with van der Waals surface area (Å²) in [5.74, 6) is 0.683. The van der Waals surface area contributed by atoms with Crippen LogP contribution in [0, 0.1) is 0 Å². The Morgan fingerprint density at radius 2 is 2.29 bits per heavy atom. The van der Waals surface area contributed by atoms with E-state index < -0.39 is 0 Å². The number of nitrogens with zero attached hydrogens (tertiary/aromatic N) is 3. The lowest BCUT2D eigenvalue weighted by Gasteiger charge is -1.99. The maximum Gasteiger partial charge on any atom is 0.182 e. The first-order valence-corrected chi connectivity index (χ1v) is 5.11. The molecule has 0 unspecified atom stereocenters. The molecule has 4 heteroatoms. The van der Waals surface area contributed by atoms with E-state index in [2.05, 4.69) is 10.1 Å². The Hall–Kier alpha value is -1.09. The lowest BCUT2D eigenvalue weighted by atomic mass is 10.1. The average molecular weight is 208 g/mol. The van der Waals surface area contributed by atoms with Crippen molar-refractivity contribution in [3.05, 3.63) is 23.0 Å². The van der Waals surface area contributed by atoms with Crippen LogP contribution in [0.4, 0.5) is 0 Å². The molecule has 1 fully saturated rings. The van der Waals surface area contributed by atoms with Gasteiger partial charge in [-0.3, -0.25) is 4.68 Å². The van der Waals surface area contributed by atoms with Gasteiger partial charge in [0.15, 0.2) is 5.65 Å². The fourth-order valence-electron chi connectivity index (χ4n) is 1.83. The molecule has 14 heavy (non-hydrogen) atoms. The number of fused-ring (bicyclic) bond motifs is 1. The van der Waals surface area contributed by atoms with Crippen LogP contribution in [0.15, 0.2) is 12.3 Å². The Morgan fingerprint density at radius 1 is 1.50 bits per heavy atom. The van der Waals surface area contributed by atoms with E-state index in [0.717, 1.165) is 11.0 Å². The van der Waals surface area contributed by atoms with Crippen LogP contribution in [0.2, 0.25) is 5.15 Å². The van der Waals surface area contributed by atoms with Crippen molar-refractivity contribution in [3.8, 4) is 0 Å². The van der Waals surface area contributed by atoms with Gasteiger partial charge in [0.05, 0.1) is 0 Å². The maximum atomic E-state index is 5.94. The van der Waals surface area contributed by atoms with Gasteiger partial charge in [0.25, 0.3) is 0 Å². The van der Waals surface area contributed by atoms with E-state index in [0.29, 0.717) is 11.1 Å². The first kappa shape index (κ1) is 8.24. The van der Waals surface area contributed by atoms with Gasteiger partial charge in [0, 0.05) is 18.6 Å². The summed E-state index contributed by atoms with van der Waals surface area (Å²) in [6, 6.07) is 1.98. The van der Waals surface area contributed by atoms with E-state index in [1.165, 1.54) is 18.4 Å². The summed E-state index contributed by atoms with van der Waals surface area (Å²) in [5.41, 5.74) is 2.08. The van der Waals surface area contributed by atoms with Crippen LogP contribution >= 0.6 is 11.6 Å². The minimum atomic E-state index is 0.554. The molecule has 2 aromatic heterocycles. The SMILES string of the molecule is Cn1cc2c(C3CC3)cc(Cl)nc2n1. The quantitative estimate of drug-likeness (QED) is 0.673. The molecular formula is C10H10ClN3. The third kappa shape index (κ3) is 1.20. The lowest BCUT2D eigenvalue weighted by molar-refractivity contribution is 0.776. The highest BCUT2D eigenvalue weighted by Gasteiger charge is 2.26. The minimum absolute atomic E-state index is 0.554. The van der Waals surface area contributed by atoms with Crippen LogP contribution in [0.3, 0.4) is 0 Å². The fraction of sp³-hybridized carbons (Fsp3) is 0.400. The zero-order valence-electron chi connectivity index (χ0n) is 7.87. The van der Waals surface area contributed by atoms with Gasteiger partial charge in [-0.05, 0) is 30.4 Å². The molecule has 2 heterocycles. The molecule has 1 aliphatic rings. The second kappa shape index (κ2) is 2.70. The van der Waals surface area contributed by atoms with Crippen molar-refractivity contribution in [1.82, 2.24) is 14.8 Å². The topological polar surface area (TPSA) is 30.7 Å². The van der Waals surface area contributed by atoms with E-state index in [-0.39, 0.29) is 0 Å². The highest BCUT2D eigenvalue weighted by molar-refractivity contribution is 6.29. The molecule has 72 valence electrons. The van der Waals surface area contributed by atoms with Gasteiger partial charge >= 0.3 is 0 Å². The molecule has 1 aliphatic carbocycles. The molecule has 2 aromatic rings. The van der Waals surface area contributed by atoms with Gasteiger partial charge in [-0.2, -0.15) is 5.10 Å². The van der Waals surface area contributed by atoms with Crippen molar-refractivity contribution in [2.24, 2.45) is 7.05 Å². The molecule has 0 radical (unpaired) electrons. The third-order valence-electron chi connectivity index (χ3n) is 2.62. The van der Waals surface area contributed by atoms with E-state index in [1.54, 1.807) is 4.68 Å². The molecule has 0 aliphatic heterocycles. The Bertz CT molecular complexity index is 499. The van der Waals surface area contributed by atoms with Gasteiger partial charge in [-0.15, -0.1) is 0 Å². The van der Waals surface area contributed by atoms with Gasteiger partial charge in [0.1, 0.15) is 5.15 Å². The van der Waals surface area contributed by atoms with Gasteiger partial charge in [0.2, 0.25) is 0 Å². The second-order valence-electron chi connectivity index (χ2n) is 3.85. The lowest BCUT2D eigenvalue weighted by Crippen LogP contribution is -1.87. The van der Waals surface area contributed by atoms with Crippen molar-refractivity contribution < 1.29 is 0 Å². The Morgan fingerprint density at radius 3 is 3.00 bits per heavy atom. The van der Waals surface area contributed by atoms with Crippen molar-refractivity contribution >= 4 is 22.6 Å². The van der Waals surface area contributed by atoms with E-state index in [4.69, 9.17) is 11.6 Å². The summed E-state index contributed by atoms with van der Waals surface area (Å²) in [4.78, 5) is 4.20. The minimum Gasteiger partial charge on any atom is -0.273 e. The summed E-state index contributed by atoms with van der Waals surface area (Å²) < 4.78 is 1.79. The zero-order chi connectivity index (χ0) is 9.71. The Balaban J connectivity index is 2.33. The molecule has 0 aromatic carbocycles. The summed E-state index contributed by atoms with van der Waals surface area (Å²) >= 11 is 5.94. The number of hydrogen-bond acceptors (Lipinski definition) is 2. The second-order valence-corrected chi connectivity index (χ2v) is 4.24. The highest BCUT2D eigenvalue weighted by atomic mass is 35.5. The van der Waals surface area contributed by atoms with Crippen LogP contribution in [0.1, 0.15) is 24.3 Å². The predicted molar refractivity (Wildman–Crippen MR) is 55.5 cm³/mol. The summed E-state index contributed by atoms with van der Waals surface area (Å²) in [6.07, 6.45) is 4.56. The summed E-state index contributed by atoms with van der Waals surface area (Å²) in [5, 5.41) is 5.97. The number of aryl methyl sites for hydroxylation is 1. The van der Waals surface area contributed by atoms with Gasteiger partial charge < -0.3 is 0 Å². The van der Waals surface area contributed by atoms with E-state index in [9.17, 15) is 0 Å². The van der Waals surface area contributed by atoms with Crippen LogP contribution in [-0.2, 0) is 7.05 Å². The first-order valence-electron chi connectivity index (χ1n) is 4.74. The molecule has 1 saturated carbocycles. The molecule has 0 bridgehead atoms. The normalized spacial score (nSPS) is 16.4. The molecular weight excluding hydrogens is 198 g/mol. The third-order valence-corrected chi connectivity index (χ3v) is 2.82. The largest absolute Gasteiger partial charge is 0.273 e. The number of aromatic nitrogens is 3. The van der Waals surface area contributed by atoms with Crippen LogP contribution < -0.4 is 0 Å². The van der Waals surface area contributed by atoms with Crippen molar-refractivity contribution in [1.29, 1.82) is 0 Å². The van der Waals surface area contributed by atoms with Crippen LogP contribution in [0.5, 0.6) is 0 Å². The first-order chi connectivity index (χ1) is 6.74. The van der Waals surface area contributed by atoms with Crippen molar-refractivity contribution in [3.63, 3.8) is 0 Å². The maximum absolute atomic E-state index is 5.94. The monoisotopic (exact) mass is 207 g/mol.